The second kappa shape index (κ2) is 8.00. The van der Waals surface area contributed by atoms with Gasteiger partial charge in [0.15, 0.2) is 5.82 Å². The summed E-state index contributed by atoms with van der Waals surface area (Å²) in [6.45, 7) is 0. The number of Topliss-reactive ketones (excluding diaryl/α,β-unsaturated/α-hetero) is 1. The minimum absolute atomic E-state index is 0.0801. The molecule has 1 atom stereocenters. The lowest BCUT2D eigenvalue weighted by Gasteiger charge is -2.16. The van der Waals surface area contributed by atoms with E-state index in [4.69, 9.17) is 5.73 Å². The Morgan fingerprint density at radius 3 is 2.44 bits per heavy atom. The summed E-state index contributed by atoms with van der Waals surface area (Å²) in [6, 6.07) is 9.52. The normalized spacial score (nSPS) is 11.6. The van der Waals surface area contributed by atoms with Gasteiger partial charge in [-0.05, 0) is 11.6 Å². The summed E-state index contributed by atoms with van der Waals surface area (Å²) in [5.41, 5.74) is 6.35. The molecule has 0 spiro atoms. The van der Waals surface area contributed by atoms with Crippen molar-refractivity contribution in [1.29, 1.82) is 0 Å². The molecule has 0 aliphatic rings. The number of amides is 2. The van der Waals surface area contributed by atoms with E-state index in [1.54, 1.807) is 30.3 Å². The summed E-state index contributed by atoms with van der Waals surface area (Å²) in [7, 11) is 0. The maximum atomic E-state index is 12.7. The van der Waals surface area contributed by atoms with E-state index in [0.29, 0.717) is 11.4 Å². The number of primary amides is 1. The van der Waals surface area contributed by atoms with Gasteiger partial charge in [0, 0.05) is 18.8 Å². The van der Waals surface area contributed by atoms with E-state index in [9.17, 15) is 14.4 Å². The molecule has 0 aliphatic carbocycles. The predicted octanol–water partition coefficient (Wildman–Crippen LogP) is 0.262. The van der Waals surface area contributed by atoms with E-state index in [-0.39, 0.29) is 12.1 Å². The van der Waals surface area contributed by atoms with Crippen molar-refractivity contribution in [1.82, 2.24) is 25.5 Å². The lowest BCUT2D eigenvalue weighted by Crippen LogP contribution is -2.47. The summed E-state index contributed by atoms with van der Waals surface area (Å²) in [5.74, 6) is -2.32. The zero-order valence-corrected chi connectivity index (χ0v) is 14.1. The molecular weight excluding hydrogens is 348 g/mol. The topological polar surface area (TPSA) is 144 Å². The van der Waals surface area contributed by atoms with Crippen LogP contribution in [0.3, 0.4) is 0 Å². The number of nitrogens with one attached hydrogen (secondary N) is 2. The van der Waals surface area contributed by atoms with Gasteiger partial charge in [0.05, 0.1) is 11.8 Å². The second-order valence-corrected chi connectivity index (χ2v) is 5.68. The van der Waals surface area contributed by atoms with Crippen molar-refractivity contribution in [2.45, 2.75) is 12.5 Å². The number of aromatic amines is 1. The number of H-pyrrole nitrogens is 1. The van der Waals surface area contributed by atoms with Crippen LogP contribution in [0.5, 0.6) is 0 Å². The van der Waals surface area contributed by atoms with Crippen LogP contribution >= 0.6 is 0 Å². The highest BCUT2D eigenvalue weighted by Crippen LogP contribution is 2.17. The summed E-state index contributed by atoms with van der Waals surface area (Å²) >= 11 is 0. The molecule has 0 radical (unpaired) electrons. The van der Waals surface area contributed by atoms with Gasteiger partial charge in [-0.25, -0.2) is 9.97 Å². The maximum Gasteiger partial charge on any atom is 0.287 e. The number of carbonyl (C=O) groups is 3. The molecule has 9 nitrogen and oxygen atoms in total. The van der Waals surface area contributed by atoms with E-state index in [1.807, 2.05) is 6.07 Å². The van der Waals surface area contributed by atoms with Gasteiger partial charge in [-0.3, -0.25) is 19.5 Å². The van der Waals surface area contributed by atoms with Crippen molar-refractivity contribution in [3.8, 4) is 11.4 Å². The number of benzene rings is 1. The van der Waals surface area contributed by atoms with E-state index in [0.717, 1.165) is 5.56 Å². The van der Waals surface area contributed by atoms with Gasteiger partial charge in [0.2, 0.25) is 5.78 Å². The number of hydrogen-bond acceptors (Lipinski definition) is 6. The average molecular weight is 364 g/mol. The third-order valence-electron chi connectivity index (χ3n) is 3.82. The standard InChI is InChI=1S/C18H16N6O3/c19-16(26)15(25)13(9-11-5-2-1-3-6-11)23-18(27)14-12(10-22-24-14)17-20-7-4-8-21-17/h1-8,10,13H,9H2,(H2,19,26)(H,22,24)(H,23,27). The van der Waals surface area contributed by atoms with E-state index < -0.39 is 23.6 Å². The molecule has 2 amide bonds. The molecule has 3 rings (SSSR count). The fourth-order valence-corrected chi connectivity index (χ4v) is 2.53. The number of nitrogens with two attached hydrogens (primary N) is 1. The molecule has 0 bridgehead atoms. The molecule has 27 heavy (non-hydrogen) atoms. The Balaban J connectivity index is 1.84. The smallest absolute Gasteiger partial charge is 0.287 e. The van der Waals surface area contributed by atoms with Crippen LogP contribution in [-0.4, -0.2) is 43.8 Å². The highest BCUT2D eigenvalue weighted by Gasteiger charge is 2.27. The molecule has 0 saturated carbocycles. The first-order valence-electron chi connectivity index (χ1n) is 8.05. The van der Waals surface area contributed by atoms with Gasteiger partial charge in [-0.2, -0.15) is 5.10 Å². The average Bonchev–Trinajstić information content (AvgIpc) is 3.18. The fourth-order valence-electron chi connectivity index (χ4n) is 2.53. The van der Waals surface area contributed by atoms with Gasteiger partial charge in [0.25, 0.3) is 11.8 Å². The van der Waals surface area contributed by atoms with Crippen molar-refractivity contribution in [2.75, 3.05) is 0 Å². The van der Waals surface area contributed by atoms with Crippen molar-refractivity contribution < 1.29 is 14.4 Å². The number of carbonyl (C=O) groups excluding carboxylic acids is 3. The van der Waals surface area contributed by atoms with Gasteiger partial charge in [0.1, 0.15) is 11.7 Å². The molecule has 2 aromatic heterocycles. The minimum Gasteiger partial charge on any atom is -0.363 e. The van der Waals surface area contributed by atoms with Crippen LogP contribution in [-0.2, 0) is 16.0 Å². The van der Waals surface area contributed by atoms with Crippen LogP contribution in [0.1, 0.15) is 16.1 Å². The Hall–Kier alpha value is -3.88. The third kappa shape index (κ3) is 4.21. The Kier molecular flexibility index (Phi) is 5.31. The van der Waals surface area contributed by atoms with Gasteiger partial charge in [-0.1, -0.05) is 30.3 Å². The van der Waals surface area contributed by atoms with Crippen LogP contribution in [0.15, 0.2) is 55.0 Å². The first kappa shape index (κ1) is 17.9. The number of rotatable bonds is 7. The maximum absolute atomic E-state index is 12.7. The van der Waals surface area contributed by atoms with Crippen LogP contribution in [0.2, 0.25) is 0 Å². The SMILES string of the molecule is NC(=O)C(=O)C(Cc1ccccc1)NC(=O)c1[nH]ncc1-c1ncccn1. The molecule has 136 valence electrons. The lowest BCUT2D eigenvalue weighted by molar-refractivity contribution is -0.137. The molecule has 1 unspecified atom stereocenters. The Labute approximate surface area is 154 Å². The molecule has 0 saturated heterocycles. The molecule has 9 heteroatoms. The molecule has 2 heterocycles. The van der Waals surface area contributed by atoms with E-state index >= 15 is 0 Å². The molecule has 3 aromatic rings. The Bertz CT molecular complexity index is 955. The number of aromatic nitrogens is 4. The van der Waals surface area contributed by atoms with Crippen LogP contribution in [0.4, 0.5) is 0 Å². The Morgan fingerprint density at radius 1 is 1.07 bits per heavy atom. The molecule has 0 aliphatic heterocycles. The van der Waals surface area contributed by atoms with Crippen molar-refractivity contribution >= 4 is 17.6 Å². The van der Waals surface area contributed by atoms with Gasteiger partial charge < -0.3 is 11.1 Å². The number of nitrogens with zero attached hydrogens (tertiary/aromatic N) is 3. The van der Waals surface area contributed by atoms with Gasteiger partial charge in [-0.15, -0.1) is 0 Å². The van der Waals surface area contributed by atoms with Gasteiger partial charge >= 0.3 is 0 Å². The number of ketones is 1. The number of hydrogen-bond donors (Lipinski definition) is 3. The lowest BCUT2D eigenvalue weighted by atomic mass is 10.0. The quantitative estimate of drug-likeness (QED) is 0.513. The van der Waals surface area contributed by atoms with Crippen LogP contribution in [0.25, 0.3) is 11.4 Å². The highest BCUT2D eigenvalue weighted by atomic mass is 16.2. The van der Waals surface area contributed by atoms with Crippen molar-refractivity contribution in [3.05, 3.63) is 66.2 Å². The largest absolute Gasteiger partial charge is 0.363 e. The fraction of sp³-hybridized carbons (Fsp3) is 0.111. The zero-order valence-electron chi connectivity index (χ0n) is 14.1. The summed E-state index contributed by atoms with van der Waals surface area (Å²) in [6.07, 6.45) is 4.60. The summed E-state index contributed by atoms with van der Waals surface area (Å²) in [4.78, 5) is 44.4. The highest BCUT2D eigenvalue weighted by molar-refractivity contribution is 6.38. The zero-order chi connectivity index (χ0) is 19.2. The van der Waals surface area contributed by atoms with E-state index in [1.165, 1.54) is 18.6 Å². The monoisotopic (exact) mass is 364 g/mol. The molecule has 4 N–H and O–H groups in total. The van der Waals surface area contributed by atoms with Crippen LogP contribution in [0, 0.1) is 0 Å². The second-order valence-electron chi connectivity index (χ2n) is 5.68. The Morgan fingerprint density at radius 2 is 1.78 bits per heavy atom. The van der Waals surface area contributed by atoms with E-state index in [2.05, 4.69) is 25.5 Å². The minimum atomic E-state index is -1.12. The van der Waals surface area contributed by atoms with Crippen LogP contribution < -0.4 is 11.1 Å². The molecule has 1 aromatic carbocycles. The molecular formula is C18H16N6O3. The summed E-state index contributed by atoms with van der Waals surface area (Å²) < 4.78 is 0. The predicted molar refractivity (Wildman–Crippen MR) is 95.2 cm³/mol. The summed E-state index contributed by atoms with van der Waals surface area (Å²) in [5, 5.41) is 8.96. The van der Waals surface area contributed by atoms with Crippen molar-refractivity contribution in [3.63, 3.8) is 0 Å². The van der Waals surface area contributed by atoms with Crippen molar-refractivity contribution in [2.24, 2.45) is 5.73 Å². The first-order valence-corrected chi connectivity index (χ1v) is 8.05. The third-order valence-corrected chi connectivity index (χ3v) is 3.82. The first-order chi connectivity index (χ1) is 13.1. The molecule has 0 fully saturated rings.